The average molecular weight is 561 g/mol. The number of halogens is 8. The van der Waals surface area contributed by atoms with E-state index < -0.39 is 43.4 Å². The summed E-state index contributed by atoms with van der Waals surface area (Å²) in [6.07, 6.45) is -9.34. The molecular weight excluding hydrogens is 537 g/mol. The van der Waals surface area contributed by atoms with Gasteiger partial charge < -0.3 is 0 Å². The van der Waals surface area contributed by atoms with Crippen LogP contribution in [0.5, 0.6) is 0 Å². The Bertz CT molecular complexity index is 1430. The van der Waals surface area contributed by atoms with E-state index in [0.29, 0.717) is 11.3 Å². The number of aryl methyl sites for hydroxylation is 3. The van der Waals surface area contributed by atoms with E-state index in [1.807, 2.05) is 19.1 Å². The lowest BCUT2D eigenvalue weighted by atomic mass is 10.1. The van der Waals surface area contributed by atoms with Gasteiger partial charge in [-0.15, -0.1) is 0 Å². The van der Waals surface area contributed by atoms with E-state index in [1.165, 1.54) is 32.2 Å². The molecule has 0 fully saturated rings. The van der Waals surface area contributed by atoms with Crippen LogP contribution in [0.4, 0.5) is 30.7 Å². The summed E-state index contributed by atoms with van der Waals surface area (Å²) >= 11 is 6.49. The van der Waals surface area contributed by atoms with E-state index >= 15 is 0 Å². The van der Waals surface area contributed by atoms with Gasteiger partial charge in [-0.1, -0.05) is 41.4 Å². The third kappa shape index (κ3) is 5.99. The number of aromatic nitrogens is 3. The van der Waals surface area contributed by atoms with E-state index in [2.05, 4.69) is 4.98 Å². The van der Waals surface area contributed by atoms with Crippen molar-refractivity contribution in [3.63, 3.8) is 0 Å². The Balaban J connectivity index is 1.83. The fourth-order valence-electron chi connectivity index (χ4n) is 4.68. The Kier molecular flexibility index (Phi) is 7.55. The molecule has 2 heterocycles. The van der Waals surface area contributed by atoms with Gasteiger partial charge in [-0.05, 0) is 49.6 Å². The molecule has 0 unspecified atom stereocenters. The van der Waals surface area contributed by atoms with Crippen LogP contribution >= 0.6 is 11.6 Å². The van der Waals surface area contributed by atoms with E-state index in [0.717, 1.165) is 28.8 Å². The lowest BCUT2D eigenvalue weighted by molar-refractivity contribution is -0.143. The molecule has 12 heteroatoms. The van der Waals surface area contributed by atoms with Crippen molar-refractivity contribution in [2.45, 2.75) is 52.6 Å². The van der Waals surface area contributed by atoms with Gasteiger partial charge in [0.25, 0.3) is 0 Å². The minimum Gasteiger partial charge on any atom is -0.293 e. The van der Waals surface area contributed by atoms with Crippen LogP contribution in [-0.2, 0) is 19.3 Å². The smallest absolute Gasteiger partial charge is 0.293 e. The molecule has 0 spiro atoms. The van der Waals surface area contributed by atoms with E-state index in [9.17, 15) is 30.7 Å². The normalized spacial score (nSPS) is 12.7. The Morgan fingerprint density at radius 1 is 0.921 bits per heavy atom. The molecule has 4 nitrogen and oxygen atoms in total. The van der Waals surface area contributed by atoms with Crippen molar-refractivity contribution in [3.8, 4) is 5.69 Å². The van der Waals surface area contributed by atoms with Gasteiger partial charge in [0, 0.05) is 25.8 Å². The van der Waals surface area contributed by atoms with Crippen molar-refractivity contribution in [3.05, 3.63) is 87.2 Å². The quantitative estimate of drug-likeness (QED) is 0.215. The summed E-state index contributed by atoms with van der Waals surface area (Å²) in [5, 5.41) is 0.0953. The molecule has 0 bridgehead atoms. The van der Waals surface area contributed by atoms with Crippen LogP contribution in [0.25, 0.3) is 11.5 Å². The summed E-state index contributed by atoms with van der Waals surface area (Å²) < 4.78 is 97.6. The van der Waals surface area contributed by atoms with Gasteiger partial charge in [0.15, 0.2) is 5.69 Å². The first-order chi connectivity index (χ1) is 17.6. The second-order valence-electron chi connectivity index (χ2n) is 9.31. The van der Waals surface area contributed by atoms with Crippen molar-refractivity contribution >= 4 is 17.4 Å². The second kappa shape index (κ2) is 10.3. The molecule has 4 rings (SSSR count). The van der Waals surface area contributed by atoms with Crippen molar-refractivity contribution in [1.82, 2.24) is 18.9 Å². The largest absolute Gasteiger partial charge is 0.435 e. The van der Waals surface area contributed by atoms with E-state index in [1.54, 1.807) is 13.8 Å². The van der Waals surface area contributed by atoms with Crippen molar-refractivity contribution < 1.29 is 30.7 Å². The highest BCUT2D eigenvalue weighted by Gasteiger charge is 2.40. The predicted octanol–water partition coefficient (Wildman–Crippen LogP) is 7.82. The Labute approximate surface area is 219 Å². The van der Waals surface area contributed by atoms with Crippen LogP contribution in [0, 0.1) is 26.6 Å². The molecule has 2 aromatic carbocycles. The van der Waals surface area contributed by atoms with Gasteiger partial charge in [-0.2, -0.15) is 26.3 Å². The standard InChI is InChI=1S/C26H24ClF7N4/c1-15-10-16(2)22(17(3)11-15)38-21(27)14-37-20(23(26(32,33)34)35-24(37)38)13-36(9-8-25(29,30)31)12-18-4-6-19(28)7-5-18/h4-7,10-11,14H,8-9,12-13H2,1-3H3. The van der Waals surface area contributed by atoms with Crippen LogP contribution in [0.15, 0.2) is 42.6 Å². The van der Waals surface area contributed by atoms with E-state index in [-0.39, 0.29) is 23.2 Å². The number of hydrogen-bond donors (Lipinski definition) is 0. The summed E-state index contributed by atoms with van der Waals surface area (Å²) in [6.45, 7) is 4.29. The maximum Gasteiger partial charge on any atom is 0.435 e. The fraction of sp³-hybridized carbons (Fsp3) is 0.346. The molecule has 0 saturated heterocycles. The highest BCUT2D eigenvalue weighted by molar-refractivity contribution is 6.30. The monoisotopic (exact) mass is 560 g/mol. The molecule has 0 aliphatic heterocycles. The molecule has 0 aliphatic rings. The number of rotatable bonds is 7. The van der Waals surface area contributed by atoms with Gasteiger partial charge >= 0.3 is 12.4 Å². The highest BCUT2D eigenvalue weighted by Crippen LogP contribution is 2.36. The molecule has 0 atom stereocenters. The summed E-state index contributed by atoms with van der Waals surface area (Å²) in [5.41, 5.74) is 1.96. The van der Waals surface area contributed by atoms with Crippen LogP contribution in [0.1, 0.15) is 40.1 Å². The van der Waals surface area contributed by atoms with Gasteiger partial charge in [0.1, 0.15) is 11.0 Å². The topological polar surface area (TPSA) is 25.5 Å². The molecule has 0 aliphatic carbocycles. The number of alkyl halides is 6. The van der Waals surface area contributed by atoms with Crippen molar-refractivity contribution in [1.29, 1.82) is 0 Å². The Hall–Kier alpha value is -3.05. The zero-order chi connectivity index (χ0) is 28.0. The molecule has 204 valence electrons. The third-order valence-corrected chi connectivity index (χ3v) is 6.44. The molecule has 0 amide bonds. The lowest BCUT2D eigenvalue weighted by Crippen LogP contribution is -2.29. The summed E-state index contributed by atoms with van der Waals surface area (Å²) in [4.78, 5) is 5.11. The van der Waals surface area contributed by atoms with Gasteiger partial charge in [0.2, 0.25) is 5.78 Å². The van der Waals surface area contributed by atoms with Crippen LogP contribution in [0.3, 0.4) is 0 Å². The zero-order valence-corrected chi connectivity index (χ0v) is 21.4. The number of hydrogen-bond acceptors (Lipinski definition) is 2. The second-order valence-corrected chi connectivity index (χ2v) is 9.70. The molecule has 38 heavy (non-hydrogen) atoms. The van der Waals surface area contributed by atoms with Gasteiger partial charge in [-0.3, -0.25) is 13.9 Å². The molecule has 0 saturated carbocycles. The van der Waals surface area contributed by atoms with Gasteiger partial charge in [-0.25, -0.2) is 9.37 Å². The minimum absolute atomic E-state index is 0.0953. The zero-order valence-electron chi connectivity index (χ0n) is 20.7. The predicted molar refractivity (Wildman–Crippen MR) is 130 cm³/mol. The summed E-state index contributed by atoms with van der Waals surface area (Å²) in [5.74, 6) is -0.643. The molecule has 4 aromatic rings. The summed E-state index contributed by atoms with van der Waals surface area (Å²) in [7, 11) is 0. The Morgan fingerprint density at radius 3 is 2.08 bits per heavy atom. The first kappa shape index (κ1) is 28.0. The van der Waals surface area contributed by atoms with Gasteiger partial charge in [0.05, 0.1) is 17.8 Å². The SMILES string of the molecule is Cc1cc(C)c(-n2c(Cl)cn3c(CN(CCC(F)(F)F)Cc4ccc(F)cc4)c(C(F)(F)F)nc23)c(C)c1. The van der Waals surface area contributed by atoms with Crippen molar-refractivity contribution in [2.24, 2.45) is 0 Å². The van der Waals surface area contributed by atoms with E-state index in [4.69, 9.17) is 11.6 Å². The minimum atomic E-state index is -4.87. The van der Waals surface area contributed by atoms with Crippen LogP contribution in [-0.4, -0.2) is 31.6 Å². The average Bonchev–Trinajstić information content (AvgIpc) is 3.28. The first-order valence-corrected chi connectivity index (χ1v) is 12.0. The first-order valence-electron chi connectivity index (χ1n) is 11.6. The maximum atomic E-state index is 14.1. The number of fused-ring (bicyclic) bond motifs is 1. The van der Waals surface area contributed by atoms with Crippen molar-refractivity contribution in [2.75, 3.05) is 6.54 Å². The van der Waals surface area contributed by atoms with Crippen LogP contribution in [0.2, 0.25) is 5.15 Å². The number of imidazole rings is 2. The molecular formula is C26H24ClF7N4. The summed E-state index contributed by atoms with van der Waals surface area (Å²) in [6, 6.07) is 8.77. The Morgan fingerprint density at radius 2 is 1.53 bits per heavy atom. The maximum absolute atomic E-state index is 14.1. The molecule has 0 N–H and O–H groups in total. The third-order valence-electron chi connectivity index (χ3n) is 6.17. The fourth-order valence-corrected chi connectivity index (χ4v) is 4.93. The number of benzene rings is 2. The molecule has 2 aromatic heterocycles. The lowest BCUT2D eigenvalue weighted by Gasteiger charge is -2.23. The number of nitrogens with zero attached hydrogens (tertiary/aromatic N) is 4. The highest BCUT2D eigenvalue weighted by atomic mass is 35.5. The molecule has 0 radical (unpaired) electrons. The van der Waals surface area contributed by atoms with Crippen LogP contribution < -0.4 is 0 Å².